The molecule has 1 saturated carbocycles. The van der Waals surface area contributed by atoms with Crippen LogP contribution in [0.3, 0.4) is 0 Å². The predicted octanol–water partition coefficient (Wildman–Crippen LogP) is 5.35. The van der Waals surface area contributed by atoms with Crippen LogP contribution < -0.4 is 19.1 Å². The van der Waals surface area contributed by atoms with E-state index in [2.05, 4.69) is 5.32 Å². The summed E-state index contributed by atoms with van der Waals surface area (Å²) in [5, 5.41) is 3.20. The number of nitrogens with zero attached hydrogens (tertiary/aromatic N) is 2. The van der Waals surface area contributed by atoms with Gasteiger partial charge in [0.1, 0.15) is 25.8 Å². The molecule has 1 atom stereocenters. The van der Waals surface area contributed by atoms with Gasteiger partial charge < -0.3 is 19.7 Å². The molecule has 2 aliphatic rings. The van der Waals surface area contributed by atoms with Crippen LogP contribution in [0, 0.1) is 0 Å². The number of fused-ring (bicyclic) bond motifs is 1. The Morgan fingerprint density at radius 2 is 1.36 bits per heavy atom. The van der Waals surface area contributed by atoms with Crippen molar-refractivity contribution in [2.45, 2.75) is 55.6 Å². The van der Waals surface area contributed by atoms with Gasteiger partial charge in [0.25, 0.3) is 10.0 Å². The minimum absolute atomic E-state index is 0.0390. The van der Waals surface area contributed by atoms with Crippen LogP contribution in [0.1, 0.15) is 36.8 Å². The molecule has 4 aromatic carbocycles. The van der Waals surface area contributed by atoms with Gasteiger partial charge in [0.05, 0.1) is 10.6 Å². The molecule has 0 spiro atoms. The predicted molar refractivity (Wildman–Crippen MR) is 180 cm³/mol. The smallest absolute Gasteiger partial charge is 0.264 e. The molecule has 1 heterocycles. The van der Waals surface area contributed by atoms with Gasteiger partial charge in [-0.2, -0.15) is 0 Å². The molecule has 1 aliphatic carbocycles. The van der Waals surface area contributed by atoms with Crippen LogP contribution in [0.5, 0.6) is 11.5 Å². The highest BCUT2D eigenvalue weighted by Gasteiger charge is 2.36. The quantitative estimate of drug-likeness (QED) is 0.221. The van der Waals surface area contributed by atoms with Gasteiger partial charge in [0.2, 0.25) is 11.8 Å². The molecular formula is C37H39N3O6S. The number of nitrogens with one attached hydrogen (secondary N) is 1. The number of rotatable bonds is 12. The molecule has 1 N–H and O–H groups in total. The van der Waals surface area contributed by atoms with E-state index in [-0.39, 0.29) is 35.5 Å². The molecule has 9 nitrogen and oxygen atoms in total. The molecular weight excluding hydrogens is 614 g/mol. The lowest BCUT2D eigenvalue weighted by molar-refractivity contribution is -0.140. The largest absolute Gasteiger partial charge is 0.486 e. The number of carbonyl (C=O) groups excluding carboxylic acids is 2. The maximum absolute atomic E-state index is 14.7. The second kappa shape index (κ2) is 14.7. The van der Waals surface area contributed by atoms with Gasteiger partial charge >= 0.3 is 0 Å². The first-order valence-corrected chi connectivity index (χ1v) is 17.5. The van der Waals surface area contributed by atoms with Gasteiger partial charge in [-0.15, -0.1) is 0 Å². The molecule has 2 amide bonds. The lowest BCUT2D eigenvalue weighted by Crippen LogP contribution is -2.54. The van der Waals surface area contributed by atoms with Crippen molar-refractivity contribution in [3.8, 4) is 11.5 Å². The summed E-state index contributed by atoms with van der Waals surface area (Å²) >= 11 is 0. The molecule has 10 heteroatoms. The van der Waals surface area contributed by atoms with Crippen LogP contribution >= 0.6 is 0 Å². The maximum Gasteiger partial charge on any atom is 0.264 e. The van der Waals surface area contributed by atoms with Crippen LogP contribution in [0.4, 0.5) is 5.69 Å². The lowest BCUT2D eigenvalue weighted by Gasteiger charge is -2.34. The van der Waals surface area contributed by atoms with E-state index in [4.69, 9.17) is 9.47 Å². The second-order valence-electron chi connectivity index (χ2n) is 11.9. The molecule has 0 unspecified atom stereocenters. The number of ether oxygens (including phenoxy) is 2. The normalized spacial score (nSPS) is 15.1. The van der Waals surface area contributed by atoms with E-state index in [1.807, 2.05) is 60.7 Å². The molecule has 1 fully saturated rings. The van der Waals surface area contributed by atoms with Gasteiger partial charge in [0.15, 0.2) is 11.5 Å². The summed E-state index contributed by atoms with van der Waals surface area (Å²) in [5.74, 6) is 0.140. The highest BCUT2D eigenvalue weighted by atomic mass is 32.2. The van der Waals surface area contributed by atoms with Crippen molar-refractivity contribution < 1.29 is 27.5 Å². The van der Waals surface area contributed by atoms with E-state index >= 15 is 0 Å². The zero-order valence-corrected chi connectivity index (χ0v) is 27.0. The van der Waals surface area contributed by atoms with Crippen molar-refractivity contribution in [3.05, 3.63) is 120 Å². The molecule has 0 radical (unpaired) electrons. The first kappa shape index (κ1) is 32.1. The zero-order chi connectivity index (χ0) is 32.6. The third-order valence-corrected chi connectivity index (χ3v) is 10.4. The van der Waals surface area contributed by atoms with Gasteiger partial charge in [-0.1, -0.05) is 91.7 Å². The minimum Gasteiger partial charge on any atom is -0.486 e. The third-order valence-electron chi connectivity index (χ3n) is 8.59. The van der Waals surface area contributed by atoms with Crippen LogP contribution in [0.15, 0.2) is 114 Å². The first-order chi connectivity index (χ1) is 22.9. The maximum atomic E-state index is 14.7. The Balaban J connectivity index is 1.40. The number of anilines is 1. The standard InChI is InChI=1S/C37H39N3O6S/c41-36(27-40(47(43,44)32-18-8-3-9-19-32)31-20-21-34-35(25-31)46-23-22-45-34)39(26-29-14-6-2-7-15-29)33(24-28-12-4-1-5-13-28)37(42)38-30-16-10-11-17-30/h1-9,12-15,18-21,25,30,33H,10-11,16-17,22-24,26-27H2,(H,38,42)/t33-/m0/s1. The Hall–Kier alpha value is -4.83. The van der Waals surface area contributed by atoms with E-state index in [0.717, 1.165) is 41.1 Å². The molecule has 244 valence electrons. The average molecular weight is 654 g/mol. The van der Waals surface area contributed by atoms with Gasteiger partial charge in [-0.25, -0.2) is 8.42 Å². The van der Waals surface area contributed by atoms with Crippen molar-refractivity contribution in [1.82, 2.24) is 10.2 Å². The number of hydrogen-bond donors (Lipinski definition) is 1. The number of amides is 2. The number of hydrogen-bond acceptors (Lipinski definition) is 6. The molecule has 47 heavy (non-hydrogen) atoms. The monoisotopic (exact) mass is 653 g/mol. The van der Waals surface area contributed by atoms with Gasteiger partial charge in [-0.05, 0) is 48.2 Å². The van der Waals surface area contributed by atoms with Gasteiger partial charge in [-0.3, -0.25) is 13.9 Å². The van der Waals surface area contributed by atoms with E-state index in [9.17, 15) is 18.0 Å². The Morgan fingerprint density at radius 1 is 0.766 bits per heavy atom. The lowest BCUT2D eigenvalue weighted by atomic mass is 10.0. The van der Waals surface area contributed by atoms with E-state index in [1.165, 1.54) is 17.0 Å². The Kier molecular flexibility index (Phi) is 10.1. The second-order valence-corrected chi connectivity index (χ2v) is 13.7. The molecule has 4 aromatic rings. The van der Waals surface area contributed by atoms with Crippen molar-refractivity contribution in [2.75, 3.05) is 24.1 Å². The van der Waals surface area contributed by atoms with Crippen molar-refractivity contribution in [3.63, 3.8) is 0 Å². The molecule has 1 aliphatic heterocycles. The number of carbonyl (C=O) groups is 2. The van der Waals surface area contributed by atoms with Crippen LogP contribution in [-0.2, 0) is 32.6 Å². The average Bonchev–Trinajstić information content (AvgIpc) is 3.62. The van der Waals surface area contributed by atoms with Crippen molar-refractivity contribution in [1.29, 1.82) is 0 Å². The summed E-state index contributed by atoms with van der Waals surface area (Å²) in [4.78, 5) is 30.3. The Labute approximate surface area is 276 Å². The Bertz CT molecular complexity index is 1760. The molecule has 6 rings (SSSR count). The number of benzene rings is 4. The third kappa shape index (κ3) is 7.77. The summed E-state index contributed by atoms with van der Waals surface area (Å²) in [6.45, 7) is 0.293. The fourth-order valence-electron chi connectivity index (χ4n) is 6.14. The summed E-state index contributed by atoms with van der Waals surface area (Å²) in [6.07, 6.45) is 4.15. The van der Waals surface area contributed by atoms with E-state index in [0.29, 0.717) is 24.7 Å². The highest BCUT2D eigenvalue weighted by molar-refractivity contribution is 7.92. The SMILES string of the molecule is O=C(NC1CCCC1)[C@H](Cc1ccccc1)N(Cc1ccccc1)C(=O)CN(c1ccc2c(c1)OCCO2)S(=O)(=O)c1ccccc1. The van der Waals surface area contributed by atoms with E-state index in [1.54, 1.807) is 36.4 Å². The minimum atomic E-state index is -4.22. The summed E-state index contributed by atoms with van der Waals surface area (Å²) in [7, 11) is -4.22. The summed E-state index contributed by atoms with van der Waals surface area (Å²) in [6, 6.07) is 31.0. The van der Waals surface area contributed by atoms with Crippen LogP contribution in [-0.4, -0.2) is 57.0 Å². The van der Waals surface area contributed by atoms with Crippen molar-refractivity contribution in [2.24, 2.45) is 0 Å². The highest BCUT2D eigenvalue weighted by Crippen LogP contribution is 2.36. The first-order valence-electron chi connectivity index (χ1n) is 16.0. The van der Waals surface area contributed by atoms with E-state index < -0.39 is 28.5 Å². The Morgan fingerprint density at radius 3 is 2.02 bits per heavy atom. The summed E-state index contributed by atoms with van der Waals surface area (Å²) < 4.78 is 41.0. The molecule has 0 aromatic heterocycles. The van der Waals surface area contributed by atoms with Crippen LogP contribution in [0.2, 0.25) is 0 Å². The molecule has 0 bridgehead atoms. The summed E-state index contributed by atoms with van der Waals surface area (Å²) in [5.41, 5.74) is 1.97. The van der Waals surface area contributed by atoms with Crippen molar-refractivity contribution >= 4 is 27.5 Å². The zero-order valence-electron chi connectivity index (χ0n) is 26.2. The van der Waals surface area contributed by atoms with Gasteiger partial charge in [0, 0.05) is 25.1 Å². The molecule has 0 saturated heterocycles. The number of sulfonamides is 1. The fourth-order valence-corrected chi connectivity index (χ4v) is 7.56. The van der Waals surface area contributed by atoms with Crippen LogP contribution in [0.25, 0.3) is 0 Å². The topological polar surface area (TPSA) is 105 Å². The fraction of sp³-hybridized carbons (Fsp3) is 0.297.